The number of fused-ring (bicyclic) bond motifs is 6. The molecule has 0 amide bonds. The van der Waals surface area contributed by atoms with Gasteiger partial charge in [-0.1, -0.05) is 255 Å². The van der Waals surface area contributed by atoms with E-state index in [-0.39, 0.29) is 11.3 Å². The third-order valence-electron chi connectivity index (χ3n) is 22.7. The highest BCUT2D eigenvalue weighted by molar-refractivity contribution is 7.23. The standard InChI is InChI=1S/C44H34N2O2S.2C32H26N2O2S/c1-3-46(4-2)34-26-25-33-27-35(44(47)48-36(33)28-34)43-45-41-39(31-21-13-7-14-22-31)37(29-17-9-5-10-18-29)38(30-19-11-6-12-20-30)40(42(41)49-43)32-23-15-8-16-24-32;1-3-34(4-2)24-16-15-23-17-27(32(35)36-29(23)18-24)31-33-28-19-25(21-11-7-5-8-12-21)26(20-30(28)37-31)22-13-9-6-10-14-22;1-3-34(4-2)24-16-15-23-19-27(32(35)36-28(23)20-24)31-33-29-25(21-11-7-5-8-12-21)17-18-26(30(29)37-31)22-13-9-6-10-14-22/h5-28H,3-4H2,1-2H3;2*5-20H,3-4H2,1-2H3. The number of aromatic nitrogens is 3. The van der Waals surface area contributed by atoms with E-state index >= 15 is 0 Å². The highest BCUT2D eigenvalue weighted by Crippen LogP contribution is 2.54. The fourth-order valence-corrected chi connectivity index (χ4v) is 19.8. The molecule has 15 heteroatoms. The summed E-state index contributed by atoms with van der Waals surface area (Å²) < 4.78 is 20.8. The van der Waals surface area contributed by atoms with E-state index in [1.165, 1.54) is 22.7 Å². The zero-order valence-corrected chi connectivity index (χ0v) is 71.4. The highest BCUT2D eigenvalue weighted by atomic mass is 32.1. The van der Waals surface area contributed by atoms with Crippen molar-refractivity contribution in [3.8, 4) is 121 Å². The lowest BCUT2D eigenvalue weighted by Crippen LogP contribution is -2.21. The number of hydrogen-bond acceptors (Lipinski definition) is 15. The summed E-state index contributed by atoms with van der Waals surface area (Å²) >= 11 is 4.61. The van der Waals surface area contributed by atoms with Crippen molar-refractivity contribution in [2.24, 2.45) is 0 Å². The van der Waals surface area contributed by atoms with E-state index in [1.54, 1.807) is 11.3 Å². The van der Waals surface area contributed by atoms with Crippen molar-refractivity contribution in [1.82, 2.24) is 15.0 Å². The molecule has 0 atom stereocenters. The molecule has 123 heavy (non-hydrogen) atoms. The normalized spacial score (nSPS) is 11.3. The van der Waals surface area contributed by atoms with Crippen molar-refractivity contribution < 1.29 is 13.3 Å². The van der Waals surface area contributed by atoms with Crippen molar-refractivity contribution in [3.05, 3.63) is 371 Å². The first kappa shape index (κ1) is 79.9. The molecule has 14 aromatic carbocycles. The second-order valence-electron chi connectivity index (χ2n) is 29.9. The summed E-state index contributed by atoms with van der Waals surface area (Å²) in [4.78, 5) is 62.1. The minimum atomic E-state index is -0.391. The van der Waals surface area contributed by atoms with Crippen LogP contribution >= 0.6 is 34.0 Å². The maximum absolute atomic E-state index is 13.8. The Hall–Kier alpha value is -14.2. The SMILES string of the molecule is CCN(CC)c1ccc2cc(-c3nc4c(-c5ccccc5)c(-c5ccccc5)c(-c5ccccc5)c(-c5ccccc5)c4s3)c(=O)oc2c1.CCN(CC)c1ccc2cc(-c3nc4c(-c5ccccc5)ccc(-c5ccccc5)c4s3)c(=O)oc2c1.CCN(CC)c1ccc2cc(-c3nc4cc(-c5ccccc5)c(-c5ccccc5)cc4s3)c(=O)oc2c1. The summed E-state index contributed by atoms with van der Waals surface area (Å²) in [6, 6.07) is 116. The number of anilines is 3. The first-order valence-corrected chi connectivity index (χ1v) is 44.2. The Morgan fingerprint density at radius 1 is 0.252 bits per heavy atom. The van der Waals surface area contributed by atoms with Gasteiger partial charge in [0.05, 0.1) is 47.3 Å². The predicted molar refractivity (Wildman–Crippen MR) is 517 cm³/mol. The van der Waals surface area contributed by atoms with Crippen LogP contribution in [0.4, 0.5) is 17.1 Å². The average Bonchev–Trinajstić information content (AvgIpc) is 1.64. The molecule has 0 aliphatic carbocycles. The fraction of sp³-hybridized carbons (Fsp3) is 0.111. The van der Waals surface area contributed by atoms with Crippen molar-refractivity contribution >= 4 is 115 Å². The molecule has 0 aliphatic heterocycles. The van der Waals surface area contributed by atoms with E-state index in [4.69, 9.17) is 28.2 Å². The van der Waals surface area contributed by atoms with Gasteiger partial charge >= 0.3 is 16.9 Å². The molecular weight excluding hydrogens is 1570 g/mol. The van der Waals surface area contributed by atoms with Crippen molar-refractivity contribution in [2.75, 3.05) is 54.0 Å². The van der Waals surface area contributed by atoms with Gasteiger partial charge < -0.3 is 28.0 Å². The van der Waals surface area contributed by atoms with Gasteiger partial charge in [0.1, 0.15) is 31.8 Å². The highest BCUT2D eigenvalue weighted by Gasteiger charge is 2.29. The third kappa shape index (κ3) is 16.1. The molecule has 0 saturated heterocycles. The number of nitrogens with zero attached hydrogens (tertiary/aromatic N) is 6. The van der Waals surface area contributed by atoms with Crippen LogP contribution in [0.5, 0.6) is 0 Å². The predicted octanol–water partition coefficient (Wildman–Crippen LogP) is 28.1. The van der Waals surface area contributed by atoms with Gasteiger partial charge in [0.25, 0.3) is 0 Å². The Morgan fingerprint density at radius 3 is 0.935 bits per heavy atom. The number of rotatable bonds is 20. The summed E-state index contributed by atoms with van der Waals surface area (Å²) in [5, 5.41) is 4.61. The van der Waals surface area contributed by atoms with Crippen LogP contribution in [0.2, 0.25) is 0 Å². The van der Waals surface area contributed by atoms with Crippen LogP contribution in [0, 0.1) is 0 Å². The van der Waals surface area contributed by atoms with Crippen molar-refractivity contribution in [1.29, 1.82) is 0 Å². The van der Waals surface area contributed by atoms with E-state index in [0.29, 0.717) is 48.5 Å². The smallest absolute Gasteiger partial charge is 0.346 e. The zero-order valence-electron chi connectivity index (χ0n) is 68.9. The molecule has 20 aromatic rings. The van der Waals surface area contributed by atoms with Gasteiger partial charge in [0.15, 0.2) is 0 Å². The molecular formula is C108H86N6O6S3. The van der Waals surface area contributed by atoms with E-state index < -0.39 is 5.63 Å². The van der Waals surface area contributed by atoms with Crippen molar-refractivity contribution in [3.63, 3.8) is 0 Å². The van der Waals surface area contributed by atoms with Gasteiger partial charge in [0.2, 0.25) is 0 Å². The van der Waals surface area contributed by atoms with Gasteiger partial charge in [-0.25, -0.2) is 29.3 Å². The molecule has 12 nitrogen and oxygen atoms in total. The summed E-state index contributed by atoms with van der Waals surface area (Å²) in [5.74, 6) is 0. The average molecular weight is 1660 g/mol. The van der Waals surface area contributed by atoms with Crippen LogP contribution in [-0.4, -0.2) is 54.2 Å². The molecule has 0 bridgehead atoms. The van der Waals surface area contributed by atoms with Crippen LogP contribution in [-0.2, 0) is 0 Å². The second kappa shape index (κ2) is 35.6. The minimum absolute atomic E-state index is 0.366. The lowest BCUT2D eigenvalue weighted by molar-refractivity contribution is 0.563. The van der Waals surface area contributed by atoms with E-state index in [2.05, 4.69) is 269 Å². The summed E-state index contributed by atoms with van der Waals surface area (Å²) in [7, 11) is 0. The minimum Gasteiger partial charge on any atom is -0.422 e. The van der Waals surface area contributed by atoms with Crippen molar-refractivity contribution in [2.45, 2.75) is 41.5 Å². The lowest BCUT2D eigenvalue weighted by atomic mass is 9.82. The van der Waals surface area contributed by atoms with Gasteiger partial charge in [-0.15, -0.1) is 34.0 Å². The summed E-state index contributed by atoms with van der Waals surface area (Å²) in [5.41, 5.74) is 25.5. The largest absolute Gasteiger partial charge is 0.422 e. The first-order valence-electron chi connectivity index (χ1n) is 41.8. The molecule has 0 unspecified atom stereocenters. The monoisotopic (exact) mass is 1660 g/mol. The molecule has 0 spiro atoms. The van der Waals surface area contributed by atoms with Gasteiger partial charge in [-0.3, -0.25) is 0 Å². The quantitative estimate of drug-likeness (QED) is 0.0671. The molecule has 0 saturated carbocycles. The fourth-order valence-electron chi connectivity index (χ4n) is 16.5. The topological polar surface area (TPSA) is 139 Å². The van der Waals surface area contributed by atoms with E-state index in [1.807, 2.05) is 127 Å². The molecule has 6 heterocycles. The van der Waals surface area contributed by atoms with Crippen LogP contribution in [0.25, 0.3) is 184 Å². The third-order valence-corrected chi connectivity index (χ3v) is 26.0. The number of benzene rings is 14. The maximum atomic E-state index is 13.8. The van der Waals surface area contributed by atoms with Gasteiger partial charge in [-0.2, -0.15) is 0 Å². The molecule has 6 aromatic heterocycles. The number of hydrogen-bond donors (Lipinski definition) is 0. The lowest BCUT2D eigenvalue weighted by Gasteiger charge is -2.22. The summed E-state index contributed by atoms with van der Waals surface area (Å²) in [6.45, 7) is 18.0. The van der Waals surface area contributed by atoms with E-state index in [0.717, 1.165) is 192 Å². The number of thiazole rings is 3. The zero-order chi connectivity index (χ0) is 84.0. The van der Waals surface area contributed by atoms with Crippen LogP contribution in [0.1, 0.15) is 41.5 Å². The first-order chi connectivity index (χ1) is 60.4. The molecule has 0 N–H and O–H groups in total. The van der Waals surface area contributed by atoms with Gasteiger partial charge in [-0.05, 0) is 169 Å². The Balaban J connectivity index is 0.000000128. The summed E-state index contributed by atoms with van der Waals surface area (Å²) in [6.07, 6.45) is 0. The Bertz CT molecular complexity index is 7120. The second-order valence-corrected chi connectivity index (χ2v) is 32.9. The Labute approximate surface area is 724 Å². The Kier molecular flexibility index (Phi) is 23.1. The van der Waals surface area contributed by atoms with Gasteiger partial charge in [0, 0.05) is 119 Å². The van der Waals surface area contributed by atoms with E-state index in [9.17, 15) is 14.4 Å². The molecule has 0 radical (unpaired) electrons. The molecule has 602 valence electrons. The maximum Gasteiger partial charge on any atom is 0.346 e. The molecule has 0 fully saturated rings. The van der Waals surface area contributed by atoms with Crippen LogP contribution in [0.15, 0.2) is 367 Å². The molecule has 20 rings (SSSR count). The van der Waals surface area contributed by atoms with Crippen LogP contribution in [0.3, 0.4) is 0 Å². The Morgan fingerprint density at radius 2 is 0.553 bits per heavy atom. The van der Waals surface area contributed by atoms with Crippen LogP contribution < -0.4 is 31.6 Å². The molecule has 0 aliphatic rings.